The van der Waals surface area contributed by atoms with Gasteiger partial charge in [0.2, 0.25) is 0 Å². The maximum atomic E-state index is 2.50. The number of benzene rings is 4. The molecular weight excluding hydrogens is 324 g/mol. The Hall–Kier alpha value is -2.34. The Balaban J connectivity index is 1.70. The van der Waals surface area contributed by atoms with Crippen LogP contribution >= 0.6 is 0 Å². The van der Waals surface area contributed by atoms with Crippen LogP contribution in [-0.4, -0.2) is 0 Å². The summed E-state index contributed by atoms with van der Waals surface area (Å²) in [5, 5.41) is 8.56. The van der Waals surface area contributed by atoms with Crippen LogP contribution in [-0.2, 0) is 0 Å². The molecule has 134 valence electrons. The van der Waals surface area contributed by atoms with Gasteiger partial charge in [0.05, 0.1) is 0 Å². The van der Waals surface area contributed by atoms with E-state index in [1.165, 1.54) is 45.2 Å². The number of hydrogen-bond donors (Lipinski definition) is 0. The van der Waals surface area contributed by atoms with Gasteiger partial charge >= 0.3 is 0 Å². The lowest BCUT2D eigenvalue weighted by Gasteiger charge is -2.33. The maximum absolute atomic E-state index is 2.50. The molecule has 2 aliphatic carbocycles. The van der Waals surface area contributed by atoms with Gasteiger partial charge in [-0.05, 0) is 86.4 Å². The predicted octanol–water partition coefficient (Wildman–Crippen LogP) is 7.54. The minimum absolute atomic E-state index is 0.718. The van der Waals surface area contributed by atoms with Crippen molar-refractivity contribution >= 4 is 32.3 Å². The average molecular weight is 351 g/mol. The zero-order chi connectivity index (χ0) is 18.1. The van der Waals surface area contributed by atoms with Crippen LogP contribution in [0.4, 0.5) is 0 Å². The van der Waals surface area contributed by atoms with Crippen LogP contribution in [0, 0.1) is 23.7 Å². The van der Waals surface area contributed by atoms with Crippen LogP contribution in [0.15, 0.2) is 66.7 Å². The molecule has 0 aliphatic heterocycles. The first kappa shape index (κ1) is 15.7. The number of hydrogen-bond acceptors (Lipinski definition) is 0. The molecule has 4 aromatic carbocycles. The maximum Gasteiger partial charge on any atom is -0.00961 e. The molecule has 0 spiro atoms. The van der Waals surface area contributed by atoms with Crippen molar-refractivity contribution in [3.05, 3.63) is 72.3 Å². The van der Waals surface area contributed by atoms with Crippen molar-refractivity contribution < 1.29 is 0 Å². The van der Waals surface area contributed by atoms with Gasteiger partial charge in [-0.1, -0.05) is 74.5 Å². The third-order valence-electron chi connectivity index (χ3n) is 8.08. The fourth-order valence-corrected chi connectivity index (χ4v) is 6.53. The minimum Gasteiger partial charge on any atom is -0.0620 e. The summed E-state index contributed by atoms with van der Waals surface area (Å²) >= 11 is 0. The largest absolute Gasteiger partial charge is 0.0620 e. The van der Waals surface area contributed by atoms with Crippen molar-refractivity contribution in [1.29, 1.82) is 0 Å². The Morgan fingerprint density at radius 3 is 2.15 bits per heavy atom. The van der Waals surface area contributed by atoms with E-state index in [-0.39, 0.29) is 0 Å². The highest BCUT2D eigenvalue weighted by Gasteiger charge is 2.49. The van der Waals surface area contributed by atoms with Crippen LogP contribution in [0.2, 0.25) is 0 Å². The molecule has 27 heavy (non-hydrogen) atoms. The number of rotatable bonds is 1. The van der Waals surface area contributed by atoms with Crippen LogP contribution in [0.1, 0.15) is 38.2 Å². The molecule has 0 heteroatoms. The highest BCUT2D eigenvalue weighted by Crippen LogP contribution is 2.60. The molecule has 2 fully saturated rings. The highest BCUT2D eigenvalue weighted by atomic mass is 14.5. The van der Waals surface area contributed by atoms with Crippen LogP contribution in [0.25, 0.3) is 32.3 Å². The van der Waals surface area contributed by atoms with E-state index >= 15 is 0 Å². The fourth-order valence-electron chi connectivity index (χ4n) is 6.53. The second-order valence-corrected chi connectivity index (χ2v) is 9.11. The van der Waals surface area contributed by atoms with Crippen LogP contribution in [0.5, 0.6) is 0 Å². The summed E-state index contributed by atoms with van der Waals surface area (Å²) in [4.78, 5) is 0. The van der Waals surface area contributed by atoms with Gasteiger partial charge < -0.3 is 0 Å². The molecule has 2 unspecified atom stereocenters. The Kier molecular flexibility index (Phi) is 3.24. The topological polar surface area (TPSA) is 0 Å². The molecule has 0 N–H and O–H groups in total. The summed E-state index contributed by atoms with van der Waals surface area (Å²) in [6, 6.07) is 25.1. The summed E-state index contributed by atoms with van der Waals surface area (Å²) in [6.07, 6.45) is 2.82. The quantitative estimate of drug-likeness (QED) is 0.246. The first-order valence-corrected chi connectivity index (χ1v) is 10.6. The van der Waals surface area contributed by atoms with E-state index in [4.69, 9.17) is 0 Å². The zero-order valence-electron chi connectivity index (χ0n) is 16.2. The standard InChI is InChI=1S/C27H26/c1-16-17(2)24-14-20(16)15-26(24)27-22-10-6-4-8-19(22)13-25-21-9-5-3-7-18(21)11-12-23(25)27/h3-13,16-17,20,24,26H,14-15H2,1-2H3/t16?,17?,20-,24-,26+/m0/s1. The molecular formula is C27H26. The molecule has 0 aromatic heterocycles. The SMILES string of the molecule is CC1C(C)[C@@H]2C[C@H]1C[C@H]2c1c2ccccc2cc2c1ccc1ccccc12. The van der Waals surface area contributed by atoms with Gasteiger partial charge in [-0.3, -0.25) is 0 Å². The predicted molar refractivity (Wildman–Crippen MR) is 116 cm³/mol. The molecule has 2 bridgehead atoms. The summed E-state index contributed by atoms with van der Waals surface area (Å²) in [5.41, 5.74) is 1.64. The van der Waals surface area contributed by atoms with E-state index in [1.807, 2.05) is 0 Å². The van der Waals surface area contributed by atoms with E-state index in [1.54, 1.807) is 5.56 Å². The van der Waals surface area contributed by atoms with Crippen LogP contribution in [0.3, 0.4) is 0 Å². The summed E-state index contributed by atoms with van der Waals surface area (Å²) in [5.74, 6) is 4.24. The van der Waals surface area contributed by atoms with Gasteiger partial charge in [0.15, 0.2) is 0 Å². The Labute approximate surface area is 161 Å². The van der Waals surface area contributed by atoms with Gasteiger partial charge in [0.25, 0.3) is 0 Å². The molecule has 0 heterocycles. The third kappa shape index (κ3) is 2.10. The lowest BCUT2D eigenvalue weighted by Crippen LogP contribution is -2.23. The molecule has 0 saturated heterocycles. The van der Waals surface area contributed by atoms with E-state index < -0.39 is 0 Å². The van der Waals surface area contributed by atoms with Crippen molar-refractivity contribution in [2.45, 2.75) is 32.6 Å². The van der Waals surface area contributed by atoms with E-state index in [0.29, 0.717) is 0 Å². The Bertz CT molecular complexity index is 1180. The Morgan fingerprint density at radius 1 is 0.630 bits per heavy atom. The van der Waals surface area contributed by atoms with Gasteiger partial charge in [-0.25, -0.2) is 0 Å². The first-order chi connectivity index (χ1) is 13.2. The van der Waals surface area contributed by atoms with Crippen molar-refractivity contribution in [3.63, 3.8) is 0 Å². The van der Waals surface area contributed by atoms with Gasteiger partial charge in [0, 0.05) is 0 Å². The summed E-state index contributed by atoms with van der Waals surface area (Å²) in [7, 11) is 0. The lowest BCUT2D eigenvalue weighted by molar-refractivity contribution is 0.234. The van der Waals surface area contributed by atoms with Gasteiger partial charge in [0.1, 0.15) is 0 Å². The van der Waals surface area contributed by atoms with Crippen molar-refractivity contribution in [2.24, 2.45) is 23.7 Å². The molecule has 0 amide bonds. The molecule has 6 rings (SSSR count). The second kappa shape index (κ2) is 5.58. The Morgan fingerprint density at radius 2 is 1.37 bits per heavy atom. The van der Waals surface area contributed by atoms with Crippen LogP contribution < -0.4 is 0 Å². The van der Waals surface area contributed by atoms with Crippen molar-refractivity contribution in [2.75, 3.05) is 0 Å². The van der Waals surface area contributed by atoms with Gasteiger partial charge in [-0.2, -0.15) is 0 Å². The first-order valence-electron chi connectivity index (χ1n) is 10.6. The molecule has 2 saturated carbocycles. The third-order valence-corrected chi connectivity index (χ3v) is 8.08. The van der Waals surface area contributed by atoms with E-state index in [0.717, 1.165) is 29.6 Å². The summed E-state index contributed by atoms with van der Waals surface area (Å²) in [6.45, 7) is 4.99. The minimum atomic E-state index is 0.718. The van der Waals surface area contributed by atoms with Crippen molar-refractivity contribution in [3.8, 4) is 0 Å². The fraction of sp³-hybridized carbons (Fsp3) is 0.333. The van der Waals surface area contributed by atoms with Gasteiger partial charge in [-0.15, -0.1) is 0 Å². The lowest BCUT2D eigenvalue weighted by atomic mass is 9.71. The average Bonchev–Trinajstić information content (AvgIpc) is 3.26. The molecule has 5 atom stereocenters. The molecule has 0 nitrogen and oxygen atoms in total. The molecule has 0 radical (unpaired) electrons. The summed E-state index contributed by atoms with van der Waals surface area (Å²) < 4.78 is 0. The number of fused-ring (bicyclic) bond motifs is 6. The van der Waals surface area contributed by atoms with E-state index in [2.05, 4.69) is 80.6 Å². The molecule has 2 aliphatic rings. The van der Waals surface area contributed by atoms with E-state index in [9.17, 15) is 0 Å². The second-order valence-electron chi connectivity index (χ2n) is 9.11. The highest BCUT2D eigenvalue weighted by molar-refractivity contribution is 6.14. The van der Waals surface area contributed by atoms with Crippen molar-refractivity contribution in [1.82, 2.24) is 0 Å². The normalized spacial score (nSPS) is 29.9. The molecule has 4 aromatic rings. The monoisotopic (exact) mass is 350 g/mol. The smallest absolute Gasteiger partial charge is 0.00961 e. The zero-order valence-corrected chi connectivity index (χ0v) is 16.2.